The van der Waals surface area contributed by atoms with Crippen LogP contribution in [-0.4, -0.2) is 22.2 Å². The van der Waals surface area contributed by atoms with E-state index in [0.29, 0.717) is 12.8 Å². The number of carboxylic acid groups (broad SMARTS) is 2. The quantitative estimate of drug-likeness (QED) is 0.364. The maximum absolute atomic E-state index is 9.90. The molecule has 0 radical (unpaired) electrons. The third kappa shape index (κ3) is 13.0. The van der Waals surface area contributed by atoms with Gasteiger partial charge in [0.25, 0.3) is 0 Å². The van der Waals surface area contributed by atoms with Gasteiger partial charge in [0.15, 0.2) is 0 Å². The van der Waals surface area contributed by atoms with Crippen LogP contribution in [0.1, 0.15) is 27.1 Å². The molecule has 0 rings (SSSR count). The summed E-state index contributed by atoms with van der Waals surface area (Å²) in [6, 6.07) is 0. The van der Waals surface area contributed by atoms with Gasteiger partial charge >= 0.3 is 41.5 Å². The molecule has 11 heavy (non-hydrogen) atoms. The maximum atomic E-state index is 9.90. The van der Waals surface area contributed by atoms with Crippen molar-refractivity contribution in [2.24, 2.45) is 0 Å². The minimum absolute atomic E-state index is 0. The molecule has 60 valence electrons. The molecule has 0 aromatic rings. The molecule has 0 aliphatic carbocycles. The molecule has 0 aromatic carbocycles. The number of aliphatic carboxylic acids is 2. The summed E-state index contributed by atoms with van der Waals surface area (Å²) in [5.41, 5.74) is 0. The largest absolute Gasteiger partial charge is 1.00 e. The Hall–Kier alpha value is -0.0600. The zero-order chi connectivity index (χ0) is 7.98. The van der Waals surface area contributed by atoms with Crippen LogP contribution in [0.4, 0.5) is 0 Å². The minimum Gasteiger partial charge on any atom is -1.00 e. The van der Waals surface area contributed by atoms with Crippen molar-refractivity contribution in [2.75, 3.05) is 0 Å². The van der Waals surface area contributed by atoms with Crippen molar-refractivity contribution in [3.8, 4) is 0 Å². The first kappa shape index (κ1) is 13.5. The van der Waals surface area contributed by atoms with E-state index in [1.807, 2.05) is 0 Å². The molecular weight excluding hydrogens is 159 g/mol. The predicted molar refractivity (Wildman–Crippen MR) is 34.9 cm³/mol. The first-order chi connectivity index (χ1) is 4.63. The first-order valence-electron chi connectivity index (χ1n) is 3.06. The Morgan fingerprint density at radius 1 is 1.00 bits per heavy atom. The van der Waals surface area contributed by atoms with Gasteiger partial charge in [0.05, 0.1) is 0 Å². The Morgan fingerprint density at radius 3 is 1.45 bits per heavy atom. The number of unbranched alkanes of at least 4 members (excludes halogenated alkanes) is 1. The molecule has 5 heteroatoms. The molecule has 0 aliphatic rings. The molecular formula is C6H11NaO4. The van der Waals surface area contributed by atoms with E-state index in [0.717, 1.165) is 0 Å². The molecule has 0 aliphatic heterocycles. The fourth-order valence-electron chi connectivity index (χ4n) is 0.552. The third-order valence-electron chi connectivity index (χ3n) is 1.03. The summed E-state index contributed by atoms with van der Waals surface area (Å²) >= 11 is 0. The second kappa shape index (κ2) is 8.04. The van der Waals surface area contributed by atoms with Gasteiger partial charge in [-0.25, -0.2) is 0 Å². The summed E-state index contributed by atoms with van der Waals surface area (Å²) in [7, 11) is 0. The van der Waals surface area contributed by atoms with Crippen molar-refractivity contribution < 1.29 is 50.8 Å². The average Bonchev–Trinajstić information content (AvgIpc) is 1.79. The molecule has 0 aromatic heterocycles. The normalized spacial score (nSPS) is 8.36. The van der Waals surface area contributed by atoms with Crippen LogP contribution in [0.2, 0.25) is 0 Å². The van der Waals surface area contributed by atoms with Gasteiger partial charge in [-0.05, 0) is 12.8 Å². The van der Waals surface area contributed by atoms with Crippen molar-refractivity contribution >= 4 is 11.9 Å². The van der Waals surface area contributed by atoms with Crippen LogP contribution in [0.25, 0.3) is 0 Å². The van der Waals surface area contributed by atoms with E-state index < -0.39 is 11.9 Å². The standard InChI is InChI=1S/C6H10O4.Na.H/c7-5(8)3-1-2-4-6(9)10;;/h1-4H2,(H,7,8)(H,9,10);;/q;+1;-1. The van der Waals surface area contributed by atoms with E-state index in [1.165, 1.54) is 0 Å². The van der Waals surface area contributed by atoms with E-state index in [9.17, 15) is 9.59 Å². The van der Waals surface area contributed by atoms with Gasteiger partial charge in [-0.3, -0.25) is 9.59 Å². The van der Waals surface area contributed by atoms with Gasteiger partial charge in [0, 0.05) is 12.8 Å². The second-order valence-electron chi connectivity index (χ2n) is 1.99. The Bertz CT molecular complexity index is 124. The average molecular weight is 170 g/mol. The van der Waals surface area contributed by atoms with E-state index in [4.69, 9.17) is 10.2 Å². The summed E-state index contributed by atoms with van der Waals surface area (Å²) < 4.78 is 0. The van der Waals surface area contributed by atoms with Crippen molar-refractivity contribution in [1.29, 1.82) is 0 Å². The number of hydrogen-bond donors (Lipinski definition) is 2. The van der Waals surface area contributed by atoms with Crippen LogP contribution >= 0.6 is 0 Å². The Balaban J connectivity index is -0.000000405. The second-order valence-corrected chi connectivity index (χ2v) is 1.99. The molecule has 0 bridgehead atoms. The monoisotopic (exact) mass is 170 g/mol. The van der Waals surface area contributed by atoms with E-state index >= 15 is 0 Å². The summed E-state index contributed by atoms with van der Waals surface area (Å²) in [6.45, 7) is 0. The van der Waals surface area contributed by atoms with Gasteiger partial charge in [0.2, 0.25) is 0 Å². The van der Waals surface area contributed by atoms with Gasteiger partial charge in [-0.2, -0.15) is 0 Å². The van der Waals surface area contributed by atoms with Crippen LogP contribution in [-0.2, 0) is 9.59 Å². The van der Waals surface area contributed by atoms with E-state index in [-0.39, 0.29) is 43.8 Å². The fraction of sp³-hybridized carbons (Fsp3) is 0.667. The Morgan fingerprint density at radius 2 is 1.27 bits per heavy atom. The SMILES string of the molecule is O=C(O)CCCCC(=O)O.[H-].[Na+]. The van der Waals surface area contributed by atoms with Crippen LogP contribution in [0.5, 0.6) is 0 Å². The molecule has 0 saturated carbocycles. The molecule has 0 fully saturated rings. The van der Waals surface area contributed by atoms with Crippen molar-refractivity contribution in [1.82, 2.24) is 0 Å². The van der Waals surface area contributed by atoms with Crippen LogP contribution in [0.15, 0.2) is 0 Å². The molecule has 0 atom stereocenters. The molecule has 0 spiro atoms. The van der Waals surface area contributed by atoms with E-state index in [1.54, 1.807) is 0 Å². The van der Waals surface area contributed by atoms with Gasteiger partial charge in [0.1, 0.15) is 0 Å². The summed E-state index contributed by atoms with van der Waals surface area (Å²) in [6.07, 6.45) is 1.02. The topological polar surface area (TPSA) is 74.6 Å². The number of carbonyl (C=O) groups is 2. The third-order valence-corrected chi connectivity index (χ3v) is 1.03. The summed E-state index contributed by atoms with van der Waals surface area (Å²) in [5, 5.41) is 16.3. The number of rotatable bonds is 5. The molecule has 4 nitrogen and oxygen atoms in total. The minimum atomic E-state index is -0.870. The smallest absolute Gasteiger partial charge is 1.00 e. The van der Waals surface area contributed by atoms with Gasteiger partial charge < -0.3 is 11.6 Å². The molecule has 0 unspecified atom stereocenters. The molecule has 0 saturated heterocycles. The van der Waals surface area contributed by atoms with Crippen LogP contribution in [0.3, 0.4) is 0 Å². The van der Waals surface area contributed by atoms with E-state index in [2.05, 4.69) is 0 Å². The first-order valence-corrected chi connectivity index (χ1v) is 3.06. The number of hydrogen-bond acceptors (Lipinski definition) is 2. The van der Waals surface area contributed by atoms with Crippen molar-refractivity contribution in [3.63, 3.8) is 0 Å². The van der Waals surface area contributed by atoms with Crippen LogP contribution < -0.4 is 29.6 Å². The molecule has 2 N–H and O–H groups in total. The molecule has 0 heterocycles. The van der Waals surface area contributed by atoms with Gasteiger partial charge in [-0.1, -0.05) is 0 Å². The van der Waals surface area contributed by atoms with Crippen molar-refractivity contribution in [2.45, 2.75) is 25.7 Å². The Labute approximate surface area is 88.4 Å². The van der Waals surface area contributed by atoms with Crippen molar-refractivity contribution in [3.05, 3.63) is 0 Å². The fourth-order valence-corrected chi connectivity index (χ4v) is 0.552. The molecule has 0 amide bonds. The summed E-state index contributed by atoms with van der Waals surface area (Å²) in [5.74, 6) is -1.74. The summed E-state index contributed by atoms with van der Waals surface area (Å²) in [4.78, 5) is 19.8. The van der Waals surface area contributed by atoms with Crippen LogP contribution in [0, 0.1) is 0 Å². The maximum Gasteiger partial charge on any atom is 1.00 e. The van der Waals surface area contributed by atoms with Gasteiger partial charge in [-0.15, -0.1) is 0 Å². The zero-order valence-electron chi connectivity index (χ0n) is 7.54. The number of carboxylic acids is 2. The Kier molecular flexibility index (Phi) is 9.89. The zero-order valence-corrected chi connectivity index (χ0v) is 8.54. The predicted octanol–water partition coefficient (Wildman–Crippen LogP) is -2.17.